The Balaban J connectivity index is 2.45. The second-order valence-corrected chi connectivity index (χ2v) is 4.64. The third kappa shape index (κ3) is 6.77. The van der Waals surface area contributed by atoms with E-state index >= 15 is 0 Å². The predicted octanol–water partition coefficient (Wildman–Crippen LogP) is 2.97. The molecule has 21 heavy (non-hydrogen) atoms. The van der Waals surface area contributed by atoms with Gasteiger partial charge in [0.25, 0.3) is 0 Å². The van der Waals surface area contributed by atoms with Crippen molar-refractivity contribution in [2.45, 2.75) is 13.0 Å². The summed E-state index contributed by atoms with van der Waals surface area (Å²) in [6.45, 7) is 4.89. The molecule has 0 aromatic heterocycles. The van der Waals surface area contributed by atoms with Crippen LogP contribution in [-0.4, -0.2) is 30.5 Å². The van der Waals surface area contributed by atoms with Crippen LogP contribution in [0.3, 0.4) is 0 Å². The van der Waals surface area contributed by atoms with Crippen LogP contribution < -0.4 is 0 Å². The topological polar surface area (TPSA) is 52.6 Å². The molecule has 0 aliphatic carbocycles. The van der Waals surface area contributed by atoms with Crippen molar-refractivity contribution in [2.75, 3.05) is 12.5 Å². The second kappa shape index (κ2) is 8.97. The number of hydrogen-bond donors (Lipinski definition) is 0. The number of hydrogen-bond acceptors (Lipinski definition) is 4. The maximum Gasteiger partial charge on any atom is 0.333 e. The molecule has 1 rings (SSSR count). The maximum absolute atomic E-state index is 11.6. The average Bonchev–Trinajstić information content (AvgIpc) is 2.49. The van der Waals surface area contributed by atoms with Crippen LogP contribution in [0.1, 0.15) is 12.5 Å². The van der Waals surface area contributed by atoms with Gasteiger partial charge in [0.1, 0.15) is 12.7 Å². The van der Waals surface area contributed by atoms with Gasteiger partial charge in [0, 0.05) is 11.6 Å². The van der Waals surface area contributed by atoms with Crippen LogP contribution in [0.2, 0.25) is 0 Å². The summed E-state index contributed by atoms with van der Waals surface area (Å²) in [7, 11) is 0. The van der Waals surface area contributed by atoms with Crippen molar-refractivity contribution in [1.29, 1.82) is 0 Å². The van der Waals surface area contributed by atoms with Crippen molar-refractivity contribution >= 4 is 29.6 Å². The largest absolute Gasteiger partial charge is 0.458 e. The summed E-state index contributed by atoms with van der Waals surface area (Å²) in [5, 5.41) is 0. The lowest BCUT2D eigenvalue weighted by atomic mass is 10.2. The molecule has 1 aromatic rings. The quantitative estimate of drug-likeness (QED) is 0.441. The number of esters is 2. The summed E-state index contributed by atoms with van der Waals surface area (Å²) in [5.74, 6) is -1.05. The average molecular weight is 309 g/mol. The molecule has 4 nitrogen and oxygen atoms in total. The Morgan fingerprint density at radius 1 is 1.33 bits per heavy atom. The van der Waals surface area contributed by atoms with E-state index in [9.17, 15) is 9.59 Å². The van der Waals surface area contributed by atoms with E-state index in [1.165, 1.54) is 13.0 Å². The molecule has 0 heterocycles. The molecule has 0 aliphatic rings. The molecule has 0 saturated carbocycles. The van der Waals surface area contributed by atoms with Crippen molar-refractivity contribution in [2.24, 2.45) is 0 Å². The molecule has 0 spiro atoms. The van der Waals surface area contributed by atoms with Gasteiger partial charge in [-0.05, 0) is 18.6 Å². The molecule has 0 fully saturated rings. The van der Waals surface area contributed by atoms with Gasteiger partial charge in [-0.25, -0.2) is 9.59 Å². The monoisotopic (exact) mass is 308 g/mol. The van der Waals surface area contributed by atoms with E-state index in [1.807, 2.05) is 30.3 Å². The summed E-state index contributed by atoms with van der Waals surface area (Å²) in [4.78, 5) is 22.9. The van der Waals surface area contributed by atoms with E-state index in [0.29, 0.717) is 0 Å². The lowest BCUT2D eigenvalue weighted by Gasteiger charge is -2.14. The number of carbonyl (C=O) groups excluding carboxylic acids is 2. The standard InChI is InChI=1S/C16H17ClO4/c1-12(2)16(19)20-11-14(10-17)21-15(18)9-8-13-6-4-3-5-7-13/h3-9,14H,1,10-11H2,2H3/b9-8+. The minimum atomic E-state index is -0.692. The summed E-state index contributed by atoms with van der Waals surface area (Å²) < 4.78 is 9.98. The van der Waals surface area contributed by atoms with Gasteiger partial charge in [0.05, 0.1) is 5.88 Å². The second-order valence-electron chi connectivity index (χ2n) is 4.34. The first kappa shape index (κ1) is 17.0. The fraction of sp³-hybridized carbons (Fsp3) is 0.250. The van der Waals surface area contributed by atoms with Gasteiger partial charge < -0.3 is 9.47 Å². The molecular weight excluding hydrogens is 292 g/mol. The molecule has 0 radical (unpaired) electrons. The molecule has 1 unspecified atom stereocenters. The zero-order valence-corrected chi connectivity index (χ0v) is 12.5. The van der Waals surface area contributed by atoms with Gasteiger partial charge in [0.15, 0.2) is 0 Å². The van der Waals surface area contributed by atoms with E-state index in [1.54, 1.807) is 6.08 Å². The molecule has 0 amide bonds. The molecule has 5 heteroatoms. The van der Waals surface area contributed by atoms with Crippen molar-refractivity contribution in [3.05, 3.63) is 54.1 Å². The van der Waals surface area contributed by atoms with Crippen LogP contribution in [0.4, 0.5) is 0 Å². The zero-order chi connectivity index (χ0) is 15.7. The Bertz CT molecular complexity index is 522. The highest BCUT2D eigenvalue weighted by atomic mass is 35.5. The van der Waals surface area contributed by atoms with Crippen molar-refractivity contribution in [3.8, 4) is 0 Å². The third-order valence-electron chi connectivity index (χ3n) is 2.42. The molecule has 0 N–H and O–H groups in total. The zero-order valence-electron chi connectivity index (χ0n) is 11.8. The molecule has 0 bridgehead atoms. The van der Waals surface area contributed by atoms with Gasteiger partial charge in [-0.2, -0.15) is 0 Å². The van der Waals surface area contributed by atoms with E-state index in [2.05, 4.69) is 6.58 Å². The maximum atomic E-state index is 11.6. The Morgan fingerprint density at radius 3 is 2.57 bits per heavy atom. The lowest BCUT2D eigenvalue weighted by Crippen LogP contribution is -2.26. The number of alkyl halides is 1. The van der Waals surface area contributed by atoms with Gasteiger partial charge in [0.2, 0.25) is 0 Å². The summed E-state index contributed by atoms with van der Waals surface area (Å²) in [5.41, 5.74) is 1.16. The number of ether oxygens (including phenoxy) is 2. The van der Waals surface area contributed by atoms with Crippen LogP contribution in [0.5, 0.6) is 0 Å². The van der Waals surface area contributed by atoms with Gasteiger partial charge in [-0.15, -0.1) is 11.6 Å². The van der Waals surface area contributed by atoms with Crippen LogP contribution in [0.25, 0.3) is 6.08 Å². The van der Waals surface area contributed by atoms with E-state index in [-0.39, 0.29) is 18.1 Å². The highest BCUT2D eigenvalue weighted by Gasteiger charge is 2.14. The van der Waals surface area contributed by atoms with Gasteiger partial charge >= 0.3 is 11.9 Å². The number of benzene rings is 1. The van der Waals surface area contributed by atoms with E-state index < -0.39 is 18.0 Å². The fourth-order valence-corrected chi connectivity index (χ4v) is 1.49. The minimum Gasteiger partial charge on any atom is -0.458 e. The number of rotatable bonds is 7. The minimum absolute atomic E-state index is 0.0361. The van der Waals surface area contributed by atoms with Crippen LogP contribution >= 0.6 is 11.6 Å². The summed E-state index contributed by atoms with van der Waals surface area (Å²) in [6, 6.07) is 9.33. The van der Waals surface area contributed by atoms with Crippen molar-refractivity contribution in [1.82, 2.24) is 0 Å². The van der Waals surface area contributed by atoms with Crippen LogP contribution in [0.15, 0.2) is 48.6 Å². The Morgan fingerprint density at radius 2 is 2.00 bits per heavy atom. The SMILES string of the molecule is C=C(C)C(=O)OCC(CCl)OC(=O)/C=C/c1ccccc1. The first-order valence-electron chi connectivity index (χ1n) is 6.35. The van der Waals surface area contributed by atoms with Gasteiger partial charge in [-0.1, -0.05) is 36.9 Å². The van der Waals surface area contributed by atoms with Crippen LogP contribution in [-0.2, 0) is 19.1 Å². The highest BCUT2D eigenvalue weighted by Crippen LogP contribution is 2.04. The Kier molecular flexibility index (Phi) is 7.26. The Labute approximate surface area is 129 Å². The molecule has 112 valence electrons. The molecule has 0 aliphatic heterocycles. The molecular formula is C16H17ClO4. The number of halogens is 1. The summed E-state index contributed by atoms with van der Waals surface area (Å²) in [6.07, 6.45) is 2.24. The van der Waals surface area contributed by atoms with Crippen LogP contribution in [0, 0.1) is 0 Å². The first-order chi connectivity index (χ1) is 10.0. The fourth-order valence-electron chi connectivity index (χ4n) is 1.33. The normalized spacial score (nSPS) is 11.9. The lowest BCUT2D eigenvalue weighted by molar-refractivity contribution is -0.151. The van der Waals surface area contributed by atoms with Crippen molar-refractivity contribution in [3.63, 3.8) is 0 Å². The third-order valence-corrected chi connectivity index (χ3v) is 2.76. The first-order valence-corrected chi connectivity index (χ1v) is 6.88. The molecule has 0 saturated heterocycles. The Hall–Kier alpha value is -2.07. The predicted molar refractivity (Wildman–Crippen MR) is 81.8 cm³/mol. The van der Waals surface area contributed by atoms with Gasteiger partial charge in [-0.3, -0.25) is 0 Å². The molecule has 1 aromatic carbocycles. The summed E-state index contributed by atoms with van der Waals surface area (Å²) >= 11 is 5.68. The molecule has 1 atom stereocenters. The van der Waals surface area contributed by atoms with E-state index in [0.717, 1.165) is 5.56 Å². The number of carbonyl (C=O) groups is 2. The van der Waals surface area contributed by atoms with E-state index in [4.69, 9.17) is 21.1 Å². The smallest absolute Gasteiger partial charge is 0.333 e. The highest BCUT2D eigenvalue weighted by molar-refractivity contribution is 6.18. The van der Waals surface area contributed by atoms with Crippen molar-refractivity contribution < 1.29 is 19.1 Å².